The average molecular weight is 208 g/mol. The van der Waals surface area contributed by atoms with E-state index in [-0.39, 0.29) is 0 Å². The van der Waals surface area contributed by atoms with Crippen LogP contribution >= 0.6 is 11.6 Å². The summed E-state index contributed by atoms with van der Waals surface area (Å²) in [7, 11) is 1.23. The number of hydrogen-bond donors (Lipinski definition) is 1. The van der Waals surface area contributed by atoms with E-state index in [1.165, 1.54) is 7.11 Å². The molecule has 0 aliphatic heterocycles. The van der Waals surface area contributed by atoms with Crippen LogP contribution in [0.3, 0.4) is 0 Å². The van der Waals surface area contributed by atoms with Crippen molar-refractivity contribution in [2.75, 3.05) is 7.11 Å². The summed E-state index contributed by atoms with van der Waals surface area (Å²) in [5.74, 6) is 0. The van der Waals surface area contributed by atoms with Crippen molar-refractivity contribution >= 4 is 22.9 Å². The van der Waals surface area contributed by atoms with Gasteiger partial charge in [-0.15, -0.1) is 0 Å². The molecule has 76 valence electrons. The number of hydrogen-bond acceptors (Lipinski definition) is 3. The molecule has 1 N–H and O–H groups in total. The summed E-state index contributed by atoms with van der Waals surface area (Å²) in [6.07, 6.45) is -0.658. The average Bonchev–Trinajstić information content (AvgIpc) is 1.96. The molecule has 0 spiro atoms. The molecule has 0 radical (unpaired) electrons. The molecular weight excluding hydrogens is 194 g/mol. The maximum absolute atomic E-state index is 10.9. The van der Waals surface area contributed by atoms with E-state index in [0.29, 0.717) is 0 Å². The van der Waals surface area contributed by atoms with E-state index in [1.54, 1.807) is 20.8 Å². The zero-order chi connectivity index (χ0) is 10.6. The van der Waals surface area contributed by atoms with Crippen LogP contribution in [-0.4, -0.2) is 24.5 Å². The van der Waals surface area contributed by atoms with Gasteiger partial charge in [-0.3, -0.25) is 4.79 Å². The van der Waals surface area contributed by atoms with E-state index >= 15 is 0 Å². The maximum atomic E-state index is 10.9. The van der Waals surface area contributed by atoms with Gasteiger partial charge in [0, 0.05) is 0 Å². The van der Waals surface area contributed by atoms with Gasteiger partial charge in [-0.1, -0.05) is 20.8 Å². The van der Waals surface area contributed by atoms with Gasteiger partial charge < -0.3 is 10.1 Å². The highest BCUT2D eigenvalue weighted by Gasteiger charge is 2.31. The highest BCUT2D eigenvalue weighted by Crippen LogP contribution is 2.21. The molecule has 0 aromatic rings. The van der Waals surface area contributed by atoms with Gasteiger partial charge in [-0.05, 0) is 17.0 Å². The van der Waals surface area contributed by atoms with Crippen molar-refractivity contribution in [1.82, 2.24) is 5.32 Å². The zero-order valence-corrected chi connectivity index (χ0v) is 8.94. The second-order valence-corrected chi connectivity index (χ2v) is 4.11. The molecule has 1 atom stereocenters. The van der Waals surface area contributed by atoms with Gasteiger partial charge in [0.25, 0.3) is 0 Å². The Bertz CT molecular complexity index is 210. The van der Waals surface area contributed by atoms with Crippen LogP contribution in [0.1, 0.15) is 20.8 Å². The minimum Gasteiger partial charge on any atom is -0.453 e. The van der Waals surface area contributed by atoms with Crippen molar-refractivity contribution in [2.45, 2.75) is 26.8 Å². The Balaban J connectivity index is 4.46. The number of nitrogens with one attached hydrogen (secondary N) is 1. The molecule has 0 aromatic heterocycles. The fourth-order valence-corrected chi connectivity index (χ4v) is 1.17. The summed E-state index contributed by atoms with van der Waals surface area (Å²) in [4.78, 5) is 21.8. The Labute approximate surface area is 82.6 Å². The number of halogens is 1. The smallest absolute Gasteiger partial charge is 0.407 e. The minimum absolute atomic E-state index is 0.424. The predicted octanol–water partition coefficient (Wildman–Crippen LogP) is 1.52. The highest BCUT2D eigenvalue weighted by atomic mass is 35.5. The van der Waals surface area contributed by atoms with E-state index in [1.807, 2.05) is 0 Å². The summed E-state index contributed by atoms with van der Waals surface area (Å²) in [6, 6.07) is -0.735. The number of ether oxygens (including phenoxy) is 1. The number of carbonyl (C=O) groups is 2. The Kier molecular flexibility index (Phi) is 4.20. The summed E-state index contributed by atoms with van der Waals surface area (Å²) in [6.45, 7) is 5.40. The SMILES string of the molecule is COC(=O)N[C@H](C(=O)Cl)C(C)(C)C. The second-order valence-electron chi connectivity index (χ2n) is 3.74. The lowest BCUT2D eigenvalue weighted by molar-refractivity contribution is -0.115. The van der Waals surface area contributed by atoms with Gasteiger partial charge in [0.1, 0.15) is 6.04 Å². The molecule has 0 rings (SSSR count). The summed E-state index contributed by atoms with van der Waals surface area (Å²) in [5.41, 5.74) is -0.424. The monoisotopic (exact) mass is 207 g/mol. The molecule has 5 heteroatoms. The lowest BCUT2D eigenvalue weighted by atomic mass is 9.88. The van der Waals surface area contributed by atoms with Crippen LogP contribution in [0.2, 0.25) is 0 Å². The van der Waals surface area contributed by atoms with Gasteiger partial charge in [-0.2, -0.15) is 0 Å². The zero-order valence-electron chi connectivity index (χ0n) is 8.18. The molecule has 13 heavy (non-hydrogen) atoms. The van der Waals surface area contributed by atoms with Crippen molar-refractivity contribution in [3.8, 4) is 0 Å². The fraction of sp³-hybridized carbons (Fsp3) is 0.750. The van der Waals surface area contributed by atoms with Crippen LogP contribution in [0.25, 0.3) is 0 Å². The summed E-state index contributed by atoms with van der Waals surface area (Å²) in [5, 5.41) is 1.76. The standard InChI is InChI=1S/C8H14ClNO3/c1-8(2,3)5(6(9)11)10-7(12)13-4/h5H,1-4H3,(H,10,12)/t5-/m1/s1. The first-order chi connectivity index (χ1) is 5.79. The molecule has 0 aliphatic rings. The minimum atomic E-state index is -0.735. The Hall–Kier alpha value is -0.770. The molecule has 0 aliphatic carbocycles. The Morgan fingerprint density at radius 1 is 1.38 bits per heavy atom. The van der Waals surface area contributed by atoms with E-state index in [9.17, 15) is 9.59 Å². The molecular formula is C8H14ClNO3. The van der Waals surface area contributed by atoms with Crippen LogP contribution in [0.5, 0.6) is 0 Å². The molecule has 1 amide bonds. The lowest BCUT2D eigenvalue weighted by Crippen LogP contribution is -2.47. The van der Waals surface area contributed by atoms with Gasteiger partial charge >= 0.3 is 6.09 Å². The molecule has 0 saturated heterocycles. The van der Waals surface area contributed by atoms with Crippen molar-refractivity contribution in [1.29, 1.82) is 0 Å². The first kappa shape index (κ1) is 12.2. The molecule has 0 heterocycles. The number of alkyl carbamates (subject to hydrolysis) is 1. The van der Waals surface area contributed by atoms with Crippen LogP contribution in [0.4, 0.5) is 4.79 Å². The normalized spacial score (nSPS) is 13.3. The molecule has 0 aromatic carbocycles. The highest BCUT2D eigenvalue weighted by molar-refractivity contribution is 6.65. The number of methoxy groups -OCH3 is 1. The van der Waals surface area contributed by atoms with Gasteiger partial charge in [0.15, 0.2) is 0 Å². The van der Waals surface area contributed by atoms with Crippen LogP contribution in [-0.2, 0) is 9.53 Å². The fourth-order valence-electron chi connectivity index (χ4n) is 0.790. The molecule has 0 fully saturated rings. The number of carbonyl (C=O) groups excluding carboxylic acids is 2. The van der Waals surface area contributed by atoms with Crippen molar-refractivity contribution in [3.63, 3.8) is 0 Å². The molecule has 0 bridgehead atoms. The first-order valence-electron chi connectivity index (χ1n) is 3.83. The van der Waals surface area contributed by atoms with Gasteiger partial charge in [0.05, 0.1) is 7.11 Å². The van der Waals surface area contributed by atoms with Crippen molar-refractivity contribution < 1.29 is 14.3 Å². The maximum Gasteiger partial charge on any atom is 0.407 e. The molecule has 4 nitrogen and oxygen atoms in total. The van der Waals surface area contributed by atoms with Crippen LogP contribution in [0.15, 0.2) is 0 Å². The quantitative estimate of drug-likeness (QED) is 0.699. The van der Waals surface area contributed by atoms with Crippen molar-refractivity contribution in [3.05, 3.63) is 0 Å². The van der Waals surface area contributed by atoms with E-state index in [2.05, 4.69) is 10.1 Å². The Morgan fingerprint density at radius 2 is 1.85 bits per heavy atom. The van der Waals surface area contributed by atoms with E-state index in [4.69, 9.17) is 11.6 Å². The summed E-state index contributed by atoms with van der Waals surface area (Å²) >= 11 is 5.32. The van der Waals surface area contributed by atoms with Crippen LogP contribution in [0, 0.1) is 5.41 Å². The molecule has 0 unspecified atom stereocenters. The number of amides is 1. The third kappa shape index (κ3) is 4.12. The third-order valence-corrected chi connectivity index (χ3v) is 1.76. The number of rotatable bonds is 2. The van der Waals surface area contributed by atoms with Gasteiger partial charge in [0.2, 0.25) is 5.24 Å². The van der Waals surface area contributed by atoms with Crippen LogP contribution < -0.4 is 5.32 Å². The lowest BCUT2D eigenvalue weighted by Gasteiger charge is -2.27. The second kappa shape index (κ2) is 4.46. The first-order valence-corrected chi connectivity index (χ1v) is 4.20. The summed E-state index contributed by atoms with van der Waals surface area (Å²) < 4.78 is 4.37. The molecule has 0 saturated carbocycles. The van der Waals surface area contributed by atoms with E-state index < -0.39 is 22.8 Å². The predicted molar refractivity (Wildman–Crippen MR) is 49.6 cm³/mol. The topological polar surface area (TPSA) is 55.4 Å². The van der Waals surface area contributed by atoms with E-state index in [0.717, 1.165) is 0 Å². The van der Waals surface area contributed by atoms with Gasteiger partial charge in [-0.25, -0.2) is 4.79 Å². The largest absolute Gasteiger partial charge is 0.453 e. The Morgan fingerprint density at radius 3 is 2.08 bits per heavy atom. The third-order valence-electron chi connectivity index (χ3n) is 1.54. The van der Waals surface area contributed by atoms with Crippen molar-refractivity contribution in [2.24, 2.45) is 5.41 Å².